The number of ether oxygens (including phenoxy) is 3. The Hall–Kier alpha value is -0.200. The summed E-state index contributed by atoms with van der Waals surface area (Å²) in [6.07, 6.45) is -0.171. The summed E-state index contributed by atoms with van der Waals surface area (Å²) >= 11 is 0. The Balaban J connectivity index is 2.27. The monoisotopic (exact) mass is 246 g/mol. The van der Waals surface area contributed by atoms with E-state index < -0.39 is 0 Å². The third kappa shape index (κ3) is 4.89. The van der Waals surface area contributed by atoms with Gasteiger partial charge in [-0.3, -0.25) is 4.90 Å². The van der Waals surface area contributed by atoms with Gasteiger partial charge < -0.3 is 19.5 Å². The standard InChI is InChI=1S/C12H26N2O3/c1-12(2,14-5-7-17-8-6-14)10-13-9-11(15-3)16-4/h11,13H,5-10H2,1-4H3. The van der Waals surface area contributed by atoms with Gasteiger partial charge in [0.05, 0.1) is 13.2 Å². The molecule has 0 aliphatic carbocycles. The van der Waals surface area contributed by atoms with Crippen molar-refractivity contribution in [1.29, 1.82) is 0 Å². The van der Waals surface area contributed by atoms with Crippen LogP contribution in [0.15, 0.2) is 0 Å². The second kappa shape index (κ2) is 7.28. The summed E-state index contributed by atoms with van der Waals surface area (Å²) in [5, 5.41) is 3.39. The fourth-order valence-corrected chi connectivity index (χ4v) is 2.04. The summed E-state index contributed by atoms with van der Waals surface area (Å²) in [5.74, 6) is 0. The molecule has 0 bridgehead atoms. The van der Waals surface area contributed by atoms with Gasteiger partial charge in [-0.15, -0.1) is 0 Å². The molecule has 0 spiro atoms. The van der Waals surface area contributed by atoms with Crippen LogP contribution in [0.25, 0.3) is 0 Å². The van der Waals surface area contributed by atoms with E-state index in [0.29, 0.717) is 6.54 Å². The minimum atomic E-state index is -0.171. The van der Waals surface area contributed by atoms with Gasteiger partial charge in [0.15, 0.2) is 6.29 Å². The Morgan fingerprint density at radius 3 is 2.35 bits per heavy atom. The number of rotatable bonds is 7. The Kier molecular flexibility index (Phi) is 6.37. The smallest absolute Gasteiger partial charge is 0.169 e. The maximum Gasteiger partial charge on any atom is 0.169 e. The van der Waals surface area contributed by atoms with Crippen molar-refractivity contribution >= 4 is 0 Å². The molecule has 102 valence electrons. The van der Waals surface area contributed by atoms with Crippen LogP contribution in [0.5, 0.6) is 0 Å². The molecule has 0 amide bonds. The van der Waals surface area contributed by atoms with Crippen LogP contribution in [0.4, 0.5) is 0 Å². The number of morpholine rings is 1. The van der Waals surface area contributed by atoms with Gasteiger partial charge in [0, 0.05) is 45.9 Å². The third-order valence-corrected chi connectivity index (χ3v) is 3.26. The lowest BCUT2D eigenvalue weighted by molar-refractivity contribution is -0.100. The van der Waals surface area contributed by atoms with Crippen LogP contribution < -0.4 is 5.32 Å². The Morgan fingerprint density at radius 2 is 1.82 bits per heavy atom. The van der Waals surface area contributed by atoms with Crippen molar-refractivity contribution in [2.75, 3.05) is 53.6 Å². The van der Waals surface area contributed by atoms with Crippen LogP contribution in [-0.4, -0.2) is 70.3 Å². The van der Waals surface area contributed by atoms with E-state index in [-0.39, 0.29) is 11.8 Å². The quantitative estimate of drug-likeness (QED) is 0.655. The number of hydrogen-bond acceptors (Lipinski definition) is 5. The maximum absolute atomic E-state index is 5.37. The Morgan fingerprint density at radius 1 is 1.24 bits per heavy atom. The summed E-state index contributed by atoms with van der Waals surface area (Å²) in [6.45, 7) is 9.81. The summed E-state index contributed by atoms with van der Waals surface area (Å²) < 4.78 is 15.7. The fourth-order valence-electron chi connectivity index (χ4n) is 2.04. The number of methoxy groups -OCH3 is 2. The van der Waals surface area contributed by atoms with E-state index in [1.165, 1.54) is 0 Å². The van der Waals surface area contributed by atoms with Gasteiger partial charge in [0.2, 0.25) is 0 Å². The second-order valence-electron chi connectivity index (χ2n) is 4.94. The van der Waals surface area contributed by atoms with Crippen molar-refractivity contribution in [2.45, 2.75) is 25.7 Å². The lowest BCUT2D eigenvalue weighted by Gasteiger charge is -2.41. The molecule has 1 fully saturated rings. The SMILES string of the molecule is COC(CNCC(C)(C)N1CCOCC1)OC. The van der Waals surface area contributed by atoms with Gasteiger partial charge >= 0.3 is 0 Å². The highest BCUT2D eigenvalue weighted by atomic mass is 16.7. The highest BCUT2D eigenvalue weighted by Gasteiger charge is 2.27. The first-order chi connectivity index (χ1) is 8.10. The first kappa shape index (κ1) is 14.9. The molecule has 0 aromatic rings. The van der Waals surface area contributed by atoms with Gasteiger partial charge in [-0.2, -0.15) is 0 Å². The average Bonchev–Trinajstić information content (AvgIpc) is 2.36. The van der Waals surface area contributed by atoms with Crippen LogP contribution >= 0.6 is 0 Å². The molecule has 0 radical (unpaired) electrons. The van der Waals surface area contributed by atoms with Crippen LogP contribution in [-0.2, 0) is 14.2 Å². The summed E-state index contributed by atoms with van der Waals surface area (Å²) in [6, 6.07) is 0. The lowest BCUT2D eigenvalue weighted by atomic mass is 10.0. The van der Waals surface area contributed by atoms with Gasteiger partial charge in [0.25, 0.3) is 0 Å². The minimum absolute atomic E-state index is 0.135. The molecule has 0 saturated carbocycles. The number of hydrogen-bond donors (Lipinski definition) is 1. The van der Waals surface area contributed by atoms with Gasteiger partial charge in [-0.05, 0) is 13.8 Å². The zero-order chi connectivity index (χ0) is 12.7. The van der Waals surface area contributed by atoms with E-state index in [1.807, 2.05) is 0 Å². The zero-order valence-corrected chi connectivity index (χ0v) is 11.5. The van der Waals surface area contributed by atoms with E-state index in [4.69, 9.17) is 14.2 Å². The van der Waals surface area contributed by atoms with Crippen LogP contribution in [0.1, 0.15) is 13.8 Å². The molecule has 1 saturated heterocycles. The summed E-state index contributed by atoms with van der Waals surface area (Å²) in [4.78, 5) is 2.46. The van der Waals surface area contributed by atoms with E-state index in [9.17, 15) is 0 Å². The van der Waals surface area contributed by atoms with Gasteiger partial charge in [0.1, 0.15) is 0 Å². The molecule has 1 aliphatic heterocycles. The molecule has 5 nitrogen and oxygen atoms in total. The average molecular weight is 246 g/mol. The van der Waals surface area contributed by atoms with E-state index >= 15 is 0 Å². The Bertz CT molecular complexity index is 202. The highest BCUT2D eigenvalue weighted by molar-refractivity contribution is 4.85. The van der Waals surface area contributed by atoms with Crippen LogP contribution in [0, 0.1) is 0 Å². The third-order valence-electron chi connectivity index (χ3n) is 3.26. The van der Waals surface area contributed by atoms with Crippen molar-refractivity contribution in [3.8, 4) is 0 Å². The Labute approximate surface area is 104 Å². The molecule has 0 aromatic carbocycles. The van der Waals surface area contributed by atoms with E-state index in [2.05, 4.69) is 24.1 Å². The van der Waals surface area contributed by atoms with Crippen molar-refractivity contribution < 1.29 is 14.2 Å². The molecule has 17 heavy (non-hydrogen) atoms. The maximum atomic E-state index is 5.37. The molecule has 1 heterocycles. The number of nitrogens with zero attached hydrogens (tertiary/aromatic N) is 1. The van der Waals surface area contributed by atoms with Crippen molar-refractivity contribution in [2.24, 2.45) is 0 Å². The van der Waals surface area contributed by atoms with Crippen LogP contribution in [0.2, 0.25) is 0 Å². The summed E-state index contributed by atoms with van der Waals surface area (Å²) in [5.41, 5.74) is 0.135. The lowest BCUT2D eigenvalue weighted by Crippen LogP contribution is -2.55. The molecule has 0 aromatic heterocycles. The van der Waals surface area contributed by atoms with Crippen molar-refractivity contribution in [1.82, 2.24) is 10.2 Å². The van der Waals surface area contributed by atoms with Crippen molar-refractivity contribution in [3.63, 3.8) is 0 Å². The predicted octanol–water partition coefficient (Wildman–Crippen LogP) is 0.306. The van der Waals surface area contributed by atoms with Crippen molar-refractivity contribution in [3.05, 3.63) is 0 Å². The second-order valence-corrected chi connectivity index (χ2v) is 4.94. The van der Waals surface area contributed by atoms with Gasteiger partial charge in [-0.1, -0.05) is 0 Å². The molecule has 1 N–H and O–H groups in total. The first-order valence-corrected chi connectivity index (χ1v) is 6.19. The van der Waals surface area contributed by atoms with Crippen LogP contribution in [0.3, 0.4) is 0 Å². The molecule has 0 unspecified atom stereocenters. The largest absolute Gasteiger partial charge is 0.379 e. The topological polar surface area (TPSA) is 43.0 Å². The summed E-state index contributed by atoms with van der Waals surface area (Å²) in [7, 11) is 3.31. The molecular weight excluding hydrogens is 220 g/mol. The molecular formula is C12H26N2O3. The highest BCUT2D eigenvalue weighted by Crippen LogP contribution is 2.14. The fraction of sp³-hybridized carbons (Fsp3) is 1.00. The van der Waals surface area contributed by atoms with Gasteiger partial charge in [-0.25, -0.2) is 0 Å². The predicted molar refractivity (Wildman–Crippen MR) is 67.1 cm³/mol. The molecule has 0 atom stereocenters. The first-order valence-electron chi connectivity index (χ1n) is 6.19. The zero-order valence-electron chi connectivity index (χ0n) is 11.5. The molecule has 5 heteroatoms. The normalized spacial score (nSPS) is 18.9. The van der Waals surface area contributed by atoms with E-state index in [0.717, 1.165) is 32.8 Å². The number of nitrogens with one attached hydrogen (secondary N) is 1. The van der Waals surface area contributed by atoms with E-state index in [1.54, 1.807) is 14.2 Å². The molecule has 1 aliphatic rings. The minimum Gasteiger partial charge on any atom is -0.379 e. The molecule has 1 rings (SSSR count).